The number of hydrogen-bond donors (Lipinski definition) is 2. The van der Waals surface area contributed by atoms with Crippen LogP contribution < -0.4 is 10.2 Å². The predicted molar refractivity (Wildman–Crippen MR) is 92.7 cm³/mol. The molecule has 1 atom stereocenters. The zero-order chi connectivity index (χ0) is 16.2. The van der Waals surface area contributed by atoms with Crippen molar-refractivity contribution >= 4 is 17.5 Å². The molecule has 4 nitrogen and oxygen atoms in total. The van der Waals surface area contributed by atoms with Crippen LogP contribution in [0.25, 0.3) is 0 Å². The Kier molecular flexibility index (Phi) is 4.51. The summed E-state index contributed by atoms with van der Waals surface area (Å²) in [5.41, 5.74) is 4.96. The quantitative estimate of drug-likeness (QED) is 0.892. The number of nitrogens with one attached hydrogen (secondary N) is 1. The maximum Gasteiger partial charge on any atom is 0.404 e. The third-order valence-corrected chi connectivity index (χ3v) is 4.60. The number of benzene rings is 2. The number of carboxylic acid groups (broad SMARTS) is 1. The van der Waals surface area contributed by atoms with Crippen molar-refractivity contribution in [3.8, 4) is 0 Å². The van der Waals surface area contributed by atoms with Crippen LogP contribution in [0, 0.1) is 0 Å². The Hall–Kier alpha value is -2.49. The van der Waals surface area contributed by atoms with E-state index in [4.69, 9.17) is 5.11 Å². The molecule has 2 N–H and O–H groups in total. The Balaban J connectivity index is 1.83. The van der Waals surface area contributed by atoms with Crippen molar-refractivity contribution in [3.05, 3.63) is 59.7 Å². The number of anilines is 2. The molecule has 0 aliphatic heterocycles. The second kappa shape index (κ2) is 6.73. The van der Waals surface area contributed by atoms with Crippen molar-refractivity contribution in [1.29, 1.82) is 0 Å². The summed E-state index contributed by atoms with van der Waals surface area (Å²) >= 11 is 0. The van der Waals surface area contributed by atoms with E-state index in [1.807, 2.05) is 18.2 Å². The second-order valence-electron chi connectivity index (χ2n) is 6.05. The van der Waals surface area contributed by atoms with Gasteiger partial charge in [0.05, 0.1) is 0 Å². The highest BCUT2D eigenvalue weighted by Crippen LogP contribution is 2.34. The maximum absolute atomic E-state index is 10.7. The highest BCUT2D eigenvalue weighted by molar-refractivity contribution is 5.65. The van der Waals surface area contributed by atoms with Crippen molar-refractivity contribution in [3.63, 3.8) is 0 Å². The normalized spacial score (nSPS) is 16.5. The van der Waals surface area contributed by atoms with Gasteiger partial charge in [-0.2, -0.15) is 0 Å². The minimum Gasteiger partial charge on any atom is -0.465 e. The lowest BCUT2D eigenvalue weighted by Crippen LogP contribution is -2.28. The SMILES string of the molecule is CN(c1ccccc1)c1ccc2c(c1)CCC[C@H]2CNC(=O)O. The van der Waals surface area contributed by atoms with Gasteiger partial charge in [-0.05, 0) is 54.7 Å². The van der Waals surface area contributed by atoms with Crippen LogP contribution in [0.3, 0.4) is 0 Å². The number of rotatable bonds is 4. The van der Waals surface area contributed by atoms with Gasteiger partial charge in [0, 0.05) is 30.9 Å². The largest absolute Gasteiger partial charge is 0.465 e. The number of carbonyl (C=O) groups is 1. The molecule has 2 aromatic carbocycles. The number of fused-ring (bicyclic) bond motifs is 1. The molecule has 1 aliphatic carbocycles. The van der Waals surface area contributed by atoms with Crippen LogP contribution >= 0.6 is 0 Å². The molecule has 0 radical (unpaired) electrons. The van der Waals surface area contributed by atoms with Crippen molar-refractivity contribution in [2.24, 2.45) is 0 Å². The molecule has 0 aromatic heterocycles. The lowest BCUT2D eigenvalue weighted by atomic mass is 9.82. The summed E-state index contributed by atoms with van der Waals surface area (Å²) in [6.07, 6.45) is 2.27. The lowest BCUT2D eigenvalue weighted by molar-refractivity contribution is 0.193. The lowest BCUT2D eigenvalue weighted by Gasteiger charge is -2.28. The van der Waals surface area contributed by atoms with Crippen LogP contribution in [-0.4, -0.2) is 24.8 Å². The van der Waals surface area contributed by atoms with Gasteiger partial charge in [0.25, 0.3) is 0 Å². The predicted octanol–water partition coefficient (Wildman–Crippen LogP) is 4.14. The van der Waals surface area contributed by atoms with Gasteiger partial charge in [0.2, 0.25) is 0 Å². The van der Waals surface area contributed by atoms with Crippen molar-refractivity contribution in [1.82, 2.24) is 5.32 Å². The molecule has 0 spiro atoms. The van der Waals surface area contributed by atoms with E-state index in [2.05, 4.69) is 47.6 Å². The van der Waals surface area contributed by atoms with Gasteiger partial charge in [-0.3, -0.25) is 0 Å². The van der Waals surface area contributed by atoms with Crippen molar-refractivity contribution < 1.29 is 9.90 Å². The van der Waals surface area contributed by atoms with Crippen LogP contribution in [0.5, 0.6) is 0 Å². The minimum atomic E-state index is -0.947. The Bertz CT molecular complexity index is 685. The molecular weight excluding hydrogens is 288 g/mol. The monoisotopic (exact) mass is 310 g/mol. The standard InChI is InChI=1S/C19H22N2O2/c1-21(16-8-3-2-4-9-16)17-10-11-18-14(12-17)6-5-7-15(18)13-20-19(22)23/h2-4,8-12,15,20H,5-7,13H2,1H3,(H,22,23)/t15-/m0/s1. The third-order valence-electron chi connectivity index (χ3n) is 4.60. The average Bonchev–Trinajstić information content (AvgIpc) is 2.59. The zero-order valence-electron chi connectivity index (χ0n) is 13.3. The number of hydrogen-bond acceptors (Lipinski definition) is 2. The van der Waals surface area contributed by atoms with E-state index in [0.29, 0.717) is 6.54 Å². The molecule has 1 amide bonds. The molecule has 0 saturated heterocycles. The van der Waals surface area contributed by atoms with Crippen LogP contribution in [0.15, 0.2) is 48.5 Å². The van der Waals surface area contributed by atoms with E-state index in [1.165, 1.54) is 16.8 Å². The fourth-order valence-electron chi connectivity index (χ4n) is 3.33. The topological polar surface area (TPSA) is 52.6 Å². The first kappa shape index (κ1) is 15.4. The number of para-hydroxylation sites is 1. The van der Waals surface area contributed by atoms with Gasteiger partial charge in [-0.15, -0.1) is 0 Å². The molecule has 0 fully saturated rings. The highest BCUT2D eigenvalue weighted by atomic mass is 16.4. The Morgan fingerprint density at radius 1 is 1.22 bits per heavy atom. The van der Waals surface area contributed by atoms with Gasteiger partial charge in [0.15, 0.2) is 0 Å². The summed E-state index contributed by atoms with van der Waals surface area (Å²) in [5.74, 6) is 0.283. The van der Waals surface area contributed by atoms with Gasteiger partial charge in [-0.25, -0.2) is 4.79 Å². The first-order chi connectivity index (χ1) is 11.1. The molecule has 1 aliphatic rings. The van der Waals surface area contributed by atoms with Crippen molar-refractivity contribution in [2.75, 3.05) is 18.5 Å². The van der Waals surface area contributed by atoms with E-state index in [9.17, 15) is 4.79 Å². The number of aryl methyl sites for hydroxylation is 1. The van der Waals surface area contributed by atoms with Gasteiger partial charge < -0.3 is 15.3 Å². The first-order valence-corrected chi connectivity index (χ1v) is 8.03. The molecule has 0 heterocycles. The van der Waals surface area contributed by atoms with E-state index < -0.39 is 6.09 Å². The highest BCUT2D eigenvalue weighted by Gasteiger charge is 2.21. The molecule has 3 rings (SSSR count). The summed E-state index contributed by atoms with van der Waals surface area (Å²) in [4.78, 5) is 12.9. The average molecular weight is 310 g/mol. The Labute approximate surface area is 136 Å². The molecule has 120 valence electrons. The van der Waals surface area contributed by atoms with Crippen LogP contribution in [-0.2, 0) is 6.42 Å². The van der Waals surface area contributed by atoms with Gasteiger partial charge >= 0.3 is 6.09 Å². The summed E-state index contributed by atoms with van der Waals surface area (Å²) in [6.45, 7) is 0.496. The smallest absolute Gasteiger partial charge is 0.404 e. The number of amides is 1. The fourth-order valence-corrected chi connectivity index (χ4v) is 3.33. The molecule has 0 bridgehead atoms. The second-order valence-corrected chi connectivity index (χ2v) is 6.05. The number of nitrogens with zero attached hydrogens (tertiary/aromatic N) is 1. The zero-order valence-corrected chi connectivity index (χ0v) is 13.3. The van der Waals surface area contributed by atoms with Crippen molar-refractivity contribution in [2.45, 2.75) is 25.2 Å². The van der Waals surface area contributed by atoms with Gasteiger partial charge in [-0.1, -0.05) is 24.3 Å². The van der Waals surface area contributed by atoms with E-state index in [-0.39, 0.29) is 5.92 Å². The maximum atomic E-state index is 10.7. The Morgan fingerprint density at radius 2 is 2.00 bits per heavy atom. The molecule has 0 unspecified atom stereocenters. The molecular formula is C19H22N2O2. The fraction of sp³-hybridized carbons (Fsp3) is 0.316. The van der Waals surface area contributed by atoms with Gasteiger partial charge in [0.1, 0.15) is 0 Å². The van der Waals surface area contributed by atoms with E-state index >= 15 is 0 Å². The molecule has 0 saturated carbocycles. The third kappa shape index (κ3) is 3.47. The molecule has 4 heteroatoms. The van der Waals surface area contributed by atoms with Crippen LogP contribution in [0.2, 0.25) is 0 Å². The molecule has 23 heavy (non-hydrogen) atoms. The minimum absolute atomic E-state index is 0.283. The first-order valence-electron chi connectivity index (χ1n) is 8.03. The summed E-state index contributed by atoms with van der Waals surface area (Å²) < 4.78 is 0. The van der Waals surface area contributed by atoms with Crippen LogP contribution in [0.1, 0.15) is 29.9 Å². The summed E-state index contributed by atoms with van der Waals surface area (Å²) in [6, 6.07) is 16.8. The summed E-state index contributed by atoms with van der Waals surface area (Å²) in [7, 11) is 2.07. The van der Waals surface area contributed by atoms with Crippen LogP contribution in [0.4, 0.5) is 16.2 Å². The van der Waals surface area contributed by atoms with E-state index in [0.717, 1.165) is 24.9 Å². The molecule has 2 aromatic rings. The summed E-state index contributed by atoms with van der Waals surface area (Å²) in [5, 5.41) is 11.3. The van der Waals surface area contributed by atoms with E-state index in [1.54, 1.807) is 0 Å². The Morgan fingerprint density at radius 3 is 2.74 bits per heavy atom.